The molecule has 3 nitrogen and oxygen atoms in total. The molecule has 0 aromatic heterocycles. The van der Waals surface area contributed by atoms with Crippen molar-refractivity contribution in [2.75, 3.05) is 13.7 Å². The largest absolute Gasteiger partial charge is 0.380 e. The summed E-state index contributed by atoms with van der Waals surface area (Å²) in [5, 5.41) is 3.69. The summed E-state index contributed by atoms with van der Waals surface area (Å²) < 4.78 is 5.17. The molecule has 3 heteroatoms. The van der Waals surface area contributed by atoms with Crippen LogP contribution in [0.5, 0.6) is 0 Å². The Labute approximate surface area is 116 Å². The first-order valence-corrected chi connectivity index (χ1v) is 7.33. The number of hydrogen-bond donors (Lipinski definition) is 2. The summed E-state index contributed by atoms with van der Waals surface area (Å²) >= 11 is 0. The molecule has 1 saturated carbocycles. The molecule has 3 N–H and O–H groups in total. The van der Waals surface area contributed by atoms with Crippen molar-refractivity contribution < 1.29 is 4.74 Å². The van der Waals surface area contributed by atoms with Gasteiger partial charge in [0.15, 0.2) is 0 Å². The fourth-order valence-corrected chi connectivity index (χ4v) is 3.00. The lowest BCUT2D eigenvalue weighted by atomic mass is 9.84. The zero-order chi connectivity index (χ0) is 13.5. The first-order chi connectivity index (χ1) is 9.33. The maximum absolute atomic E-state index is 5.87. The summed E-state index contributed by atoms with van der Waals surface area (Å²) in [6.45, 7) is 2.42. The second-order valence-electron chi connectivity index (χ2n) is 5.52. The molecule has 2 unspecified atom stereocenters. The van der Waals surface area contributed by atoms with Crippen molar-refractivity contribution in [2.45, 2.75) is 44.9 Å². The van der Waals surface area contributed by atoms with Crippen LogP contribution in [-0.4, -0.2) is 19.7 Å². The molecule has 1 aliphatic carbocycles. The first kappa shape index (κ1) is 14.5. The van der Waals surface area contributed by atoms with Crippen LogP contribution in [0.3, 0.4) is 0 Å². The molecule has 0 aliphatic heterocycles. The van der Waals surface area contributed by atoms with E-state index in [0.717, 1.165) is 13.1 Å². The molecule has 1 fully saturated rings. The van der Waals surface area contributed by atoms with Crippen molar-refractivity contribution in [1.82, 2.24) is 5.32 Å². The van der Waals surface area contributed by atoms with E-state index in [1.807, 2.05) is 0 Å². The van der Waals surface area contributed by atoms with Crippen LogP contribution in [-0.2, 0) is 17.9 Å². The fraction of sp³-hybridized carbons (Fsp3) is 0.625. The number of nitrogens with one attached hydrogen (secondary N) is 1. The molecule has 1 aromatic carbocycles. The van der Waals surface area contributed by atoms with Gasteiger partial charge in [-0.2, -0.15) is 0 Å². The van der Waals surface area contributed by atoms with E-state index in [1.165, 1.54) is 36.8 Å². The van der Waals surface area contributed by atoms with Crippen molar-refractivity contribution in [2.24, 2.45) is 11.7 Å². The third kappa shape index (κ3) is 4.30. The van der Waals surface area contributed by atoms with Gasteiger partial charge in [-0.3, -0.25) is 0 Å². The number of benzene rings is 1. The molecule has 2 atom stereocenters. The smallest absolute Gasteiger partial charge is 0.0713 e. The maximum atomic E-state index is 5.87. The molecule has 0 radical (unpaired) electrons. The van der Waals surface area contributed by atoms with Crippen LogP contribution in [0.1, 0.15) is 36.8 Å². The standard InChI is InChI=1S/C16H26N2O/c1-19-12-14-6-4-5-13(9-14)11-18-16-8-3-2-7-15(16)10-17/h4-6,9,15-16,18H,2-3,7-8,10-12,17H2,1H3. The lowest BCUT2D eigenvalue weighted by Gasteiger charge is -2.31. The Morgan fingerprint density at radius 2 is 2.05 bits per heavy atom. The van der Waals surface area contributed by atoms with Crippen molar-refractivity contribution in [3.05, 3.63) is 35.4 Å². The summed E-state index contributed by atoms with van der Waals surface area (Å²) in [5.74, 6) is 0.649. The molecule has 1 aromatic rings. The van der Waals surface area contributed by atoms with Crippen LogP contribution >= 0.6 is 0 Å². The highest BCUT2D eigenvalue weighted by atomic mass is 16.5. The summed E-state index contributed by atoms with van der Waals surface area (Å²) in [6, 6.07) is 9.19. The molecule has 0 saturated heterocycles. The Morgan fingerprint density at radius 1 is 1.26 bits per heavy atom. The molecule has 0 bridgehead atoms. The third-order valence-corrected chi connectivity index (χ3v) is 4.08. The number of ether oxygens (including phenoxy) is 1. The molecule has 1 aliphatic rings. The normalized spacial score (nSPS) is 23.5. The minimum atomic E-state index is 0.588. The van der Waals surface area contributed by atoms with E-state index in [1.54, 1.807) is 7.11 Å². The monoisotopic (exact) mass is 262 g/mol. The quantitative estimate of drug-likeness (QED) is 0.828. The van der Waals surface area contributed by atoms with E-state index in [4.69, 9.17) is 10.5 Å². The van der Waals surface area contributed by atoms with Crippen molar-refractivity contribution in [1.29, 1.82) is 0 Å². The number of rotatable bonds is 6. The molecule has 0 heterocycles. The van der Waals surface area contributed by atoms with Gasteiger partial charge in [0, 0.05) is 19.7 Å². The topological polar surface area (TPSA) is 47.3 Å². The van der Waals surface area contributed by atoms with Gasteiger partial charge in [0.1, 0.15) is 0 Å². The average molecular weight is 262 g/mol. The van der Waals surface area contributed by atoms with Gasteiger partial charge < -0.3 is 15.8 Å². The predicted molar refractivity (Wildman–Crippen MR) is 78.8 cm³/mol. The van der Waals surface area contributed by atoms with E-state index < -0.39 is 0 Å². The second-order valence-corrected chi connectivity index (χ2v) is 5.52. The lowest BCUT2D eigenvalue weighted by Crippen LogP contribution is -2.41. The summed E-state index contributed by atoms with van der Waals surface area (Å²) in [7, 11) is 1.73. The van der Waals surface area contributed by atoms with Crippen molar-refractivity contribution >= 4 is 0 Å². The van der Waals surface area contributed by atoms with Crippen LogP contribution < -0.4 is 11.1 Å². The minimum Gasteiger partial charge on any atom is -0.380 e. The fourth-order valence-electron chi connectivity index (χ4n) is 3.00. The highest BCUT2D eigenvalue weighted by molar-refractivity contribution is 5.23. The van der Waals surface area contributed by atoms with Crippen molar-refractivity contribution in [3.8, 4) is 0 Å². The van der Waals surface area contributed by atoms with Gasteiger partial charge >= 0.3 is 0 Å². The zero-order valence-electron chi connectivity index (χ0n) is 11.9. The highest BCUT2D eigenvalue weighted by Crippen LogP contribution is 2.23. The Balaban J connectivity index is 1.88. The van der Waals surface area contributed by atoms with Crippen LogP contribution in [0, 0.1) is 5.92 Å². The van der Waals surface area contributed by atoms with Gasteiger partial charge in [0.25, 0.3) is 0 Å². The summed E-state index contributed by atoms with van der Waals surface area (Å²) in [5.41, 5.74) is 8.44. The van der Waals surface area contributed by atoms with Crippen molar-refractivity contribution in [3.63, 3.8) is 0 Å². The number of hydrogen-bond acceptors (Lipinski definition) is 3. The Kier molecular flexibility index (Phi) is 5.83. The van der Waals surface area contributed by atoms with Gasteiger partial charge in [-0.15, -0.1) is 0 Å². The molecule has 19 heavy (non-hydrogen) atoms. The van der Waals surface area contributed by atoms with Crippen LogP contribution in [0.15, 0.2) is 24.3 Å². The Hall–Kier alpha value is -0.900. The SMILES string of the molecule is COCc1cccc(CNC2CCCCC2CN)c1. The summed E-state index contributed by atoms with van der Waals surface area (Å²) in [4.78, 5) is 0. The van der Waals surface area contributed by atoms with Gasteiger partial charge in [-0.05, 0) is 36.4 Å². The number of nitrogens with two attached hydrogens (primary N) is 1. The minimum absolute atomic E-state index is 0.588. The van der Waals surface area contributed by atoms with E-state index in [9.17, 15) is 0 Å². The third-order valence-electron chi connectivity index (χ3n) is 4.08. The predicted octanol–water partition coefficient (Wildman–Crippen LogP) is 2.44. The average Bonchev–Trinajstić information content (AvgIpc) is 2.46. The van der Waals surface area contributed by atoms with Crippen LogP contribution in [0.4, 0.5) is 0 Å². The summed E-state index contributed by atoms with van der Waals surface area (Å²) in [6.07, 6.45) is 5.21. The zero-order valence-corrected chi connectivity index (χ0v) is 11.9. The highest BCUT2D eigenvalue weighted by Gasteiger charge is 2.23. The lowest BCUT2D eigenvalue weighted by molar-refractivity contribution is 0.185. The molecular weight excluding hydrogens is 236 g/mol. The Morgan fingerprint density at radius 3 is 2.84 bits per heavy atom. The van der Waals surface area contributed by atoms with E-state index >= 15 is 0 Å². The van der Waals surface area contributed by atoms with E-state index in [2.05, 4.69) is 29.6 Å². The second kappa shape index (κ2) is 7.63. The van der Waals surface area contributed by atoms with Gasteiger partial charge in [-0.1, -0.05) is 37.1 Å². The molecule has 2 rings (SSSR count). The van der Waals surface area contributed by atoms with Gasteiger partial charge in [0.2, 0.25) is 0 Å². The van der Waals surface area contributed by atoms with Crippen LogP contribution in [0.25, 0.3) is 0 Å². The molecule has 0 spiro atoms. The van der Waals surface area contributed by atoms with Crippen LogP contribution in [0.2, 0.25) is 0 Å². The van der Waals surface area contributed by atoms with Gasteiger partial charge in [0.05, 0.1) is 6.61 Å². The molecule has 106 valence electrons. The van der Waals surface area contributed by atoms with E-state index in [-0.39, 0.29) is 0 Å². The molecule has 0 amide bonds. The van der Waals surface area contributed by atoms with E-state index in [0.29, 0.717) is 18.6 Å². The Bertz CT molecular complexity index is 381. The number of methoxy groups -OCH3 is 1. The van der Waals surface area contributed by atoms with Gasteiger partial charge in [-0.25, -0.2) is 0 Å². The first-order valence-electron chi connectivity index (χ1n) is 7.33. The molecular formula is C16H26N2O. The maximum Gasteiger partial charge on any atom is 0.0713 e.